The van der Waals surface area contributed by atoms with Crippen molar-refractivity contribution in [3.05, 3.63) is 66.1 Å². The number of nitrogens with one attached hydrogen (secondary N) is 1. The minimum Gasteiger partial charge on any atom is -0.451 e. The van der Waals surface area contributed by atoms with E-state index in [1.165, 1.54) is 0 Å². The lowest BCUT2D eigenvalue weighted by molar-refractivity contribution is -0.119. The smallest absolute Gasteiger partial charge is 0.361 e. The molecule has 1 amide bonds. The molecule has 0 spiro atoms. The zero-order valence-electron chi connectivity index (χ0n) is 15.9. The molecule has 0 aliphatic carbocycles. The Kier molecular flexibility index (Phi) is 5.74. The first-order chi connectivity index (χ1) is 13.4. The van der Waals surface area contributed by atoms with E-state index in [0.29, 0.717) is 17.3 Å². The van der Waals surface area contributed by atoms with E-state index in [0.717, 1.165) is 11.3 Å². The average Bonchev–Trinajstić information content (AvgIpc) is 3.09. The number of ether oxygens (including phenoxy) is 1. The van der Waals surface area contributed by atoms with Gasteiger partial charge < -0.3 is 19.4 Å². The van der Waals surface area contributed by atoms with Crippen LogP contribution in [-0.4, -0.2) is 37.6 Å². The summed E-state index contributed by atoms with van der Waals surface area (Å²) in [7, 11) is 3.87. The van der Waals surface area contributed by atoms with Crippen molar-refractivity contribution in [3.8, 4) is 11.5 Å². The van der Waals surface area contributed by atoms with E-state index in [9.17, 15) is 9.59 Å². The van der Waals surface area contributed by atoms with Crippen LogP contribution in [0, 0.1) is 6.92 Å². The number of anilines is 2. The van der Waals surface area contributed by atoms with Crippen LogP contribution in [0.5, 0.6) is 0 Å². The summed E-state index contributed by atoms with van der Waals surface area (Å²) in [6, 6.07) is 16.6. The van der Waals surface area contributed by atoms with Crippen LogP contribution in [0.2, 0.25) is 0 Å². The normalized spacial score (nSPS) is 10.4. The molecule has 7 nitrogen and oxygen atoms in total. The fourth-order valence-corrected chi connectivity index (χ4v) is 2.53. The number of esters is 1. The van der Waals surface area contributed by atoms with Crippen molar-refractivity contribution in [2.24, 2.45) is 0 Å². The molecule has 0 radical (unpaired) electrons. The van der Waals surface area contributed by atoms with Crippen molar-refractivity contribution in [2.45, 2.75) is 6.92 Å². The largest absolute Gasteiger partial charge is 0.451 e. The molecular formula is C21H21N3O4. The Morgan fingerprint density at radius 1 is 1.07 bits per heavy atom. The number of aryl methyl sites for hydroxylation is 1. The SMILES string of the molecule is Cc1oc(-c2ccccc2)nc1C(=O)OCC(=O)Nc1ccc(N(C)C)cc1. The molecule has 0 unspecified atom stereocenters. The zero-order chi connectivity index (χ0) is 20.1. The summed E-state index contributed by atoms with van der Waals surface area (Å²) < 4.78 is 10.6. The van der Waals surface area contributed by atoms with Crippen LogP contribution < -0.4 is 10.2 Å². The highest BCUT2D eigenvalue weighted by Gasteiger charge is 2.20. The highest BCUT2D eigenvalue weighted by Crippen LogP contribution is 2.22. The number of amides is 1. The number of nitrogens with zero attached hydrogens (tertiary/aromatic N) is 2. The van der Waals surface area contributed by atoms with Gasteiger partial charge in [0.25, 0.3) is 5.91 Å². The summed E-state index contributed by atoms with van der Waals surface area (Å²) in [5.41, 5.74) is 2.45. The van der Waals surface area contributed by atoms with Gasteiger partial charge in [-0.05, 0) is 43.3 Å². The van der Waals surface area contributed by atoms with Gasteiger partial charge in [-0.2, -0.15) is 0 Å². The van der Waals surface area contributed by atoms with E-state index >= 15 is 0 Å². The van der Waals surface area contributed by atoms with Crippen LogP contribution in [0.3, 0.4) is 0 Å². The monoisotopic (exact) mass is 379 g/mol. The molecule has 28 heavy (non-hydrogen) atoms. The van der Waals surface area contributed by atoms with Gasteiger partial charge in [0.05, 0.1) is 0 Å². The van der Waals surface area contributed by atoms with Crippen LogP contribution in [0.25, 0.3) is 11.5 Å². The topological polar surface area (TPSA) is 84.7 Å². The van der Waals surface area contributed by atoms with Crippen LogP contribution in [0.1, 0.15) is 16.2 Å². The molecule has 0 bridgehead atoms. The fourth-order valence-electron chi connectivity index (χ4n) is 2.53. The van der Waals surface area contributed by atoms with E-state index in [4.69, 9.17) is 9.15 Å². The maximum atomic E-state index is 12.3. The molecule has 1 aromatic heterocycles. The second-order valence-corrected chi connectivity index (χ2v) is 6.36. The second kappa shape index (κ2) is 8.39. The quantitative estimate of drug-likeness (QED) is 0.660. The van der Waals surface area contributed by atoms with Crippen LogP contribution >= 0.6 is 0 Å². The highest BCUT2D eigenvalue weighted by atomic mass is 16.5. The number of oxazole rings is 1. The molecule has 2 aromatic carbocycles. The molecule has 0 aliphatic heterocycles. The molecular weight excluding hydrogens is 358 g/mol. The summed E-state index contributed by atoms with van der Waals surface area (Å²) in [4.78, 5) is 30.4. The lowest BCUT2D eigenvalue weighted by atomic mass is 10.2. The average molecular weight is 379 g/mol. The van der Waals surface area contributed by atoms with Gasteiger partial charge in [0.1, 0.15) is 5.76 Å². The first-order valence-corrected chi connectivity index (χ1v) is 8.71. The minimum absolute atomic E-state index is 0.0574. The van der Waals surface area contributed by atoms with E-state index in [1.54, 1.807) is 19.1 Å². The molecule has 1 heterocycles. The molecule has 0 saturated heterocycles. The van der Waals surface area contributed by atoms with E-state index < -0.39 is 18.5 Å². The maximum absolute atomic E-state index is 12.3. The van der Waals surface area contributed by atoms with Crippen LogP contribution in [-0.2, 0) is 9.53 Å². The number of carbonyl (C=O) groups excluding carboxylic acids is 2. The van der Waals surface area contributed by atoms with Crippen molar-refractivity contribution in [3.63, 3.8) is 0 Å². The number of hydrogen-bond acceptors (Lipinski definition) is 6. The fraction of sp³-hybridized carbons (Fsp3) is 0.190. The Labute approximate surface area is 162 Å². The Morgan fingerprint density at radius 3 is 2.39 bits per heavy atom. The second-order valence-electron chi connectivity index (χ2n) is 6.36. The zero-order valence-corrected chi connectivity index (χ0v) is 15.9. The maximum Gasteiger partial charge on any atom is 0.361 e. The molecule has 0 fully saturated rings. The van der Waals surface area contributed by atoms with Gasteiger partial charge in [-0.15, -0.1) is 0 Å². The van der Waals surface area contributed by atoms with Gasteiger partial charge >= 0.3 is 5.97 Å². The predicted octanol–water partition coefficient (Wildman–Crippen LogP) is 3.51. The van der Waals surface area contributed by atoms with E-state index in [2.05, 4.69) is 10.3 Å². The summed E-state index contributed by atoms with van der Waals surface area (Å²) in [5.74, 6) is -0.476. The summed E-state index contributed by atoms with van der Waals surface area (Å²) in [6.45, 7) is 1.21. The molecule has 3 rings (SSSR count). The summed E-state index contributed by atoms with van der Waals surface area (Å²) >= 11 is 0. The molecule has 144 valence electrons. The molecule has 0 aliphatic rings. The third-order valence-corrected chi connectivity index (χ3v) is 4.01. The van der Waals surface area contributed by atoms with Gasteiger partial charge in [-0.25, -0.2) is 9.78 Å². The van der Waals surface area contributed by atoms with E-state index in [1.807, 2.05) is 61.5 Å². The van der Waals surface area contributed by atoms with Crippen molar-refractivity contribution in [1.82, 2.24) is 4.98 Å². The third kappa shape index (κ3) is 4.56. The van der Waals surface area contributed by atoms with Crippen LogP contribution in [0.15, 0.2) is 59.0 Å². The van der Waals surface area contributed by atoms with Crippen molar-refractivity contribution < 1.29 is 18.7 Å². The molecule has 7 heteroatoms. The number of aromatic nitrogens is 1. The molecule has 1 N–H and O–H groups in total. The Morgan fingerprint density at radius 2 is 1.75 bits per heavy atom. The number of hydrogen-bond donors (Lipinski definition) is 1. The molecule has 3 aromatic rings. The first kappa shape index (κ1) is 19.2. The summed E-state index contributed by atoms with van der Waals surface area (Å²) in [5, 5.41) is 2.68. The van der Waals surface area contributed by atoms with Gasteiger partial charge in [-0.1, -0.05) is 18.2 Å². The van der Waals surface area contributed by atoms with Crippen molar-refractivity contribution in [2.75, 3.05) is 30.9 Å². The predicted molar refractivity (Wildman–Crippen MR) is 106 cm³/mol. The Bertz CT molecular complexity index is 963. The van der Waals surface area contributed by atoms with Crippen molar-refractivity contribution in [1.29, 1.82) is 0 Å². The van der Waals surface area contributed by atoms with Gasteiger partial charge in [0.2, 0.25) is 5.89 Å². The lowest BCUT2D eigenvalue weighted by Gasteiger charge is -2.13. The summed E-state index contributed by atoms with van der Waals surface area (Å²) in [6.07, 6.45) is 0. The van der Waals surface area contributed by atoms with Gasteiger partial charge in [0, 0.05) is 31.0 Å². The van der Waals surface area contributed by atoms with Gasteiger partial charge in [0.15, 0.2) is 12.3 Å². The van der Waals surface area contributed by atoms with Crippen LogP contribution in [0.4, 0.5) is 11.4 Å². The molecule has 0 atom stereocenters. The Hall–Kier alpha value is -3.61. The van der Waals surface area contributed by atoms with Gasteiger partial charge in [-0.3, -0.25) is 4.79 Å². The first-order valence-electron chi connectivity index (χ1n) is 8.71. The van der Waals surface area contributed by atoms with E-state index in [-0.39, 0.29) is 5.69 Å². The lowest BCUT2D eigenvalue weighted by Crippen LogP contribution is -2.21. The minimum atomic E-state index is -0.707. The Balaban J connectivity index is 1.58. The van der Waals surface area contributed by atoms with Crippen molar-refractivity contribution >= 4 is 23.3 Å². The third-order valence-electron chi connectivity index (χ3n) is 4.01. The molecule has 0 saturated carbocycles. The number of carbonyl (C=O) groups is 2. The highest BCUT2D eigenvalue weighted by molar-refractivity contribution is 5.95. The number of rotatable bonds is 6. The number of benzene rings is 2. The standard InChI is InChI=1S/C21H21N3O4/c1-14-19(23-20(28-14)15-7-5-4-6-8-15)21(26)27-13-18(25)22-16-9-11-17(12-10-16)24(2)3/h4-12H,13H2,1-3H3,(H,22,25).